The number of nitrogens with two attached hydrogens (primary N) is 1. The molecule has 1 rings (SSSR count). The van der Waals surface area contributed by atoms with Crippen molar-refractivity contribution in [1.82, 2.24) is 4.90 Å². The molecule has 0 aliphatic rings. The molecule has 1 aromatic rings. The summed E-state index contributed by atoms with van der Waals surface area (Å²) in [6, 6.07) is 8.12. The van der Waals surface area contributed by atoms with E-state index in [1.165, 1.54) is 18.4 Å². The van der Waals surface area contributed by atoms with Gasteiger partial charge in [0.2, 0.25) is 0 Å². The van der Waals surface area contributed by atoms with Gasteiger partial charge in [0, 0.05) is 11.6 Å². The minimum Gasteiger partial charge on any atom is -0.330 e. The van der Waals surface area contributed by atoms with Gasteiger partial charge in [0.1, 0.15) is 0 Å². The molecular weight excluding hydrogens is 268 g/mol. The first-order chi connectivity index (χ1) is 9.52. The molecule has 1 aromatic carbocycles. The molecule has 0 aromatic heterocycles. The number of hydrogen-bond acceptors (Lipinski definition) is 2. The molecule has 0 aliphatic heterocycles. The van der Waals surface area contributed by atoms with Gasteiger partial charge in [-0.3, -0.25) is 0 Å². The topological polar surface area (TPSA) is 29.3 Å². The smallest absolute Gasteiger partial charge is 0.0406 e. The quantitative estimate of drug-likeness (QED) is 0.741. The number of hydrogen-bond donors (Lipinski definition) is 1. The highest BCUT2D eigenvalue weighted by atomic mass is 35.5. The van der Waals surface area contributed by atoms with Crippen LogP contribution in [0.2, 0.25) is 5.02 Å². The fraction of sp³-hybridized carbons (Fsp3) is 0.647. The molecule has 0 saturated heterocycles. The zero-order chi connectivity index (χ0) is 15.0. The van der Waals surface area contributed by atoms with Gasteiger partial charge >= 0.3 is 0 Å². The standard InChI is InChI=1S/C17H29ClN2/c1-14(2)16(10-11-19)5-4-12-20(3)13-15-6-8-17(18)9-7-15/h6-9,14,16H,4-5,10-13,19H2,1-3H3. The van der Waals surface area contributed by atoms with Gasteiger partial charge < -0.3 is 10.6 Å². The molecule has 114 valence electrons. The molecule has 20 heavy (non-hydrogen) atoms. The first-order valence-corrected chi connectivity index (χ1v) is 8.03. The Morgan fingerprint density at radius 1 is 1.15 bits per heavy atom. The molecule has 0 fully saturated rings. The normalized spacial score (nSPS) is 13.2. The van der Waals surface area contributed by atoms with Crippen molar-refractivity contribution >= 4 is 11.6 Å². The SMILES string of the molecule is CC(C)C(CCN)CCCN(C)Cc1ccc(Cl)cc1. The van der Waals surface area contributed by atoms with Gasteiger partial charge in [-0.05, 0) is 68.9 Å². The van der Waals surface area contributed by atoms with Gasteiger partial charge in [-0.25, -0.2) is 0 Å². The lowest BCUT2D eigenvalue weighted by atomic mass is 9.88. The van der Waals surface area contributed by atoms with Crippen LogP contribution in [0.25, 0.3) is 0 Å². The summed E-state index contributed by atoms with van der Waals surface area (Å²) in [6.45, 7) is 7.54. The van der Waals surface area contributed by atoms with E-state index in [0.29, 0.717) is 0 Å². The van der Waals surface area contributed by atoms with Crippen molar-refractivity contribution in [3.05, 3.63) is 34.9 Å². The first-order valence-electron chi connectivity index (χ1n) is 7.66. The van der Waals surface area contributed by atoms with Gasteiger partial charge in [0.05, 0.1) is 0 Å². The fourth-order valence-corrected chi connectivity index (χ4v) is 2.76. The van der Waals surface area contributed by atoms with Gasteiger partial charge in [0.15, 0.2) is 0 Å². The highest BCUT2D eigenvalue weighted by molar-refractivity contribution is 6.30. The Hall–Kier alpha value is -0.570. The van der Waals surface area contributed by atoms with Crippen molar-refractivity contribution in [2.75, 3.05) is 20.1 Å². The summed E-state index contributed by atoms with van der Waals surface area (Å²) in [7, 11) is 2.18. The maximum Gasteiger partial charge on any atom is 0.0406 e. The molecule has 1 unspecified atom stereocenters. The van der Waals surface area contributed by atoms with E-state index in [4.69, 9.17) is 17.3 Å². The van der Waals surface area contributed by atoms with E-state index in [9.17, 15) is 0 Å². The number of benzene rings is 1. The van der Waals surface area contributed by atoms with Gasteiger partial charge in [-0.2, -0.15) is 0 Å². The Balaban J connectivity index is 2.28. The molecule has 0 aliphatic carbocycles. The molecule has 0 saturated carbocycles. The molecule has 2 nitrogen and oxygen atoms in total. The average molecular weight is 297 g/mol. The summed E-state index contributed by atoms with van der Waals surface area (Å²) in [6.07, 6.45) is 3.67. The summed E-state index contributed by atoms with van der Waals surface area (Å²) in [5.41, 5.74) is 7.01. The molecule has 2 N–H and O–H groups in total. The Labute approximate surface area is 129 Å². The molecule has 3 heteroatoms. The second kappa shape index (κ2) is 9.38. The number of rotatable bonds is 9. The largest absolute Gasteiger partial charge is 0.330 e. The lowest BCUT2D eigenvalue weighted by Crippen LogP contribution is -2.21. The predicted molar refractivity (Wildman–Crippen MR) is 89.0 cm³/mol. The minimum atomic E-state index is 0.736. The van der Waals surface area contributed by atoms with Gasteiger partial charge in [0.25, 0.3) is 0 Å². The van der Waals surface area contributed by atoms with Crippen molar-refractivity contribution in [1.29, 1.82) is 0 Å². The fourth-order valence-electron chi connectivity index (χ4n) is 2.63. The van der Waals surface area contributed by atoms with Crippen LogP contribution in [0.1, 0.15) is 38.7 Å². The summed E-state index contributed by atoms with van der Waals surface area (Å²) >= 11 is 5.90. The monoisotopic (exact) mass is 296 g/mol. The van der Waals surface area contributed by atoms with Crippen LogP contribution in [-0.2, 0) is 6.54 Å². The maximum absolute atomic E-state index is 5.90. The van der Waals surface area contributed by atoms with Crippen LogP contribution in [0.15, 0.2) is 24.3 Å². The third-order valence-electron chi connectivity index (χ3n) is 3.96. The molecular formula is C17H29ClN2. The molecule has 0 bridgehead atoms. The van der Waals surface area contributed by atoms with E-state index < -0.39 is 0 Å². The van der Waals surface area contributed by atoms with Crippen LogP contribution in [0.4, 0.5) is 0 Å². The maximum atomic E-state index is 5.90. The Morgan fingerprint density at radius 2 is 1.80 bits per heavy atom. The molecule has 1 atom stereocenters. The Morgan fingerprint density at radius 3 is 2.35 bits per heavy atom. The molecule has 0 radical (unpaired) electrons. The minimum absolute atomic E-state index is 0.736. The van der Waals surface area contributed by atoms with E-state index in [1.54, 1.807) is 0 Å². The summed E-state index contributed by atoms with van der Waals surface area (Å²) in [4.78, 5) is 2.38. The zero-order valence-corrected chi connectivity index (χ0v) is 13.9. The molecule has 0 amide bonds. The highest BCUT2D eigenvalue weighted by Gasteiger charge is 2.12. The summed E-state index contributed by atoms with van der Waals surface area (Å²) in [5.74, 6) is 1.50. The van der Waals surface area contributed by atoms with Crippen molar-refractivity contribution < 1.29 is 0 Å². The van der Waals surface area contributed by atoms with E-state index in [-0.39, 0.29) is 0 Å². The average Bonchev–Trinajstić information content (AvgIpc) is 2.40. The van der Waals surface area contributed by atoms with Crippen molar-refractivity contribution in [2.45, 2.75) is 39.7 Å². The summed E-state index contributed by atoms with van der Waals surface area (Å²) in [5, 5.41) is 0.804. The zero-order valence-electron chi connectivity index (χ0n) is 13.1. The van der Waals surface area contributed by atoms with Gasteiger partial charge in [-0.1, -0.05) is 37.6 Å². The van der Waals surface area contributed by atoms with Crippen molar-refractivity contribution in [3.8, 4) is 0 Å². The second-order valence-electron chi connectivity index (χ2n) is 6.09. The van der Waals surface area contributed by atoms with E-state index >= 15 is 0 Å². The number of nitrogens with zero attached hydrogens (tertiary/aromatic N) is 1. The highest BCUT2D eigenvalue weighted by Crippen LogP contribution is 2.20. The van der Waals surface area contributed by atoms with Gasteiger partial charge in [-0.15, -0.1) is 0 Å². The Bertz CT molecular complexity index is 362. The van der Waals surface area contributed by atoms with E-state index in [1.807, 2.05) is 12.1 Å². The third kappa shape index (κ3) is 6.74. The van der Waals surface area contributed by atoms with E-state index in [0.717, 1.165) is 42.9 Å². The molecule has 0 spiro atoms. The van der Waals surface area contributed by atoms with Crippen LogP contribution >= 0.6 is 11.6 Å². The van der Waals surface area contributed by atoms with Crippen LogP contribution in [0.3, 0.4) is 0 Å². The van der Waals surface area contributed by atoms with Crippen LogP contribution in [-0.4, -0.2) is 25.0 Å². The van der Waals surface area contributed by atoms with Crippen molar-refractivity contribution in [2.24, 2.45) is 17.6 Å². The van der Waals surface area contributed by atoms with Crippen LogP contribution < -0.4 is 5.73 Å². The van der Waals surface area contributed by atoms with Crippen molar-refractivity contribution in [3.63, 3.8) is 0 Å². The Kier molecular flexibility index (Phi) is 8.20. The number of halogens is 1. The lowest BCUT2D eigenvalue weighted by molar-refractivity contribution is 0.278. The van der Waals surface area contributed by atoms with Crippen LogP contribution in [0.5, 0.6) is 0 Å². The first kappa shape index (κ1) is 17.5. The predicted octanol–water partition coefficient (Wildman–Crippen LogP) is 4.17. The second-order valence-corrected chi connectivity index (χ2v) is 6.52. The lowest BCUT2D eigenvalue weighted by Gasteiger charge is -2.22. The van der Waals surface area contributed by atoms with E-state index in [2.05, 4.69) is 37.9 Å². The third-order valence-corrected chi connectivity index (χ3v) is 4.21. The molecule has 0 heterocycles. The van der Waals surface area contributed by atoms with Crippen LogP contribution in [0, 0.1) is 11.8 Å². The summed E-state index contributed by atoms with van der Waals surface area (Å²) < 4.78 is 0.